The van der Waals surface area contributed by atoms with Gasteiger partial charge in [0.25, 0.3) is 5.91 Å². The van der Waals surface area contributed by atoms with Crippen LogP contribution in [0.1, 0.15) is 106 Å². The smallest absolute Gasteiger partial charge is 0.254 e. The molecule has 3 aromatic heterocycles. The molecule has 68 heavy (non-hydrogen) atoms. The van der Waals surface area contributed by atoms with Gasteiger partial charge in [0.1, 0.15) is 17.9 Å². The zero-order valence-corrected chi connectivity index (χ0v) is 41.0. The first-order valence-electron chi connectivity index (χ1n) is 24.4. The first-order chi connectivity index (χ1) is 32.7. The van der Waals surface area contributed by atoms with E-state index >= 15 is 0 Å². The second-order valence-corrected chi connectivity index (χ2v) is 21.3. The minimum absolute atomic E-state index is 0.118. The van der Waals surface area contributed by atoms with Crippen molar-refractivity contribution in [2.75, 3.05) is 55.6 Å². The molecule has 4 aliphatic heterocycles. The molecular weight excluding hydrogens is 876 g/mol. The maximum atomic E-state index is 13.6. The van der Waals surface area contributed by atoms with Gasteiger partial charge in [0.15, 0.2) is 5.82 Å². The van der Waals surface area contributed by atoms with Crippen molar-refractivity contribution in [2.45, 2.75) is 104 Å². The van der Waals surface area contributed by atoms with Gasteiger partial charge in [0, 0.05) is 130 Å². The number of aromatic nitrogens is 6. The Labute approximate surface area is 404 Å². The molecule has 3 fully saturated rings. The molecule has 0 bridgehead atoms. The molecule has 10 rings (SSSR count). The van der Waals surface area contributed by atoms with E-state index < -0.39 is 0 Å². The fourth-order valence-electron chi connectivity index (χ4n) is 12.2. The van der Waals surface area contributed by atoms with E-state index in [1.54, 1.807) is 37.5 Å². The Kier molecular flexibility index (Phi) is 12.2. The first kappa shape index (κ1) is 45.8. The molecular formula is C52H63ClN12O3. The van der Waals surface area contributed by atoms with Crippen molar-refractivity contribution in [1.29, 1.82) is 5.26 Å². The Hall–Kier alpha value is -5.98. The van der Waals surface area contributed by atoms with E-state index in [2.05, 4.69) is 97.9 Å². The molecule has 1 aliphatic carbocycles. The van der Waals surface area contributed by atoms with Crippen LogP contribution in [0.5, 0.6) is 5.75 Å². The monoisotopic (exact) mass is 938 g/mol. The van der Waals surface area contributed by atoms with Gasteiger partial charge >= 0.3 is 0 Å². The van der Waals surface area contributed by atoms with Crippen LogP contribution >= 0.6 is 11.6 Å². The van der Waals surface area contributed by atoms with Crippen LogP contribution in [0.4, 0.5) is 17.5 Å². The van der Waals surface area contributed by atoms with Gasteiger partial charge in [0.2, 0.25) is 11.9 Å². The number of benzene rings is 2. The number of aryl methyl sites for hydroxylation is 2. The van der Waals surface area contributed by atoms with E-state index in [1.807, 2.05) is 22.8 Å². The van der Waals surface area contributed by atoms with Crippen molar-refractivity contribution in [3.8, 4) is 22.9 Å². The van der Waals surface area contributed by atoms with Gasteiger partial charge in [-0.15, -0.1) is 0 Å². The number of fused-ring (bicyclic) bond motifs is 2. The average Bonchev–Trinajstić information content (AvgIpc) is 3.96. The third-order valence-electron chi connectivity index (χ3n) is 15.6. The summed E-state index contributed by atoms with van der Waals surface area (Å²) in [7, 11) is 1.95. The number of piperidine rings is 2. The minimum atomic E-state index is -0.376. The number of carbonyl (C=O) groups is 2. The zero-order chi connectivity index (χ0) is 47.5. The Morgan fingerprint density at radius 3 is 2.34 bits per heavy atom. The SMILES string of the molecule is CC(=O)N1CCc2c(c(N3CCCc4cc(-c5cnn(C)c5)ccc43)nn2C2CCN(CC3CCN(c4ncc(C(=O)NC5C(C)(C)C(Oc6ccc(C#N)c(Cl)c6)C5(C)C)cn4)CC3)CC2)C1. The summed E-state index contributed by atoms with van der Waals surface area (Å²) in [5, 5.41) is 22.7. The van der Waals surface area contributed by atoms with Crippen LogP contribution in [0.25, 0.3) is 11.1 Å². The highest BCUT2D eigenvalue weighted by Crippen LogP contribution is 2.55. The number of nitrogens with one attached hydrogen (secondary N) is 1. The van der Waals surface area contributed by atoms with E-state index in [0.29, 0.717) is 46.4 Å². The quantitative estimate of drug-likeness (QED) is 0.146. The van der Waals surface area contributed by atoms with Gasteiger partial charge in [-0.25, -0.2) is 9.97 Å². The number of amides is 2. The fourth-order valence-corrected chi connectivity index (χ4v) is 12.4. The number of ether oxygens (including phenoxy) is 1. The van der Waals surface area contributed by atoms with E-state index in [0.717, 1.165) is 102 Å². The van der Waals surface area contributed by atoms with Crippen molar-refractivity contribution in [3.63, 3.8) is 0 Å². The number of carbonyl (C=O) groups excluding carboxylic acids is 2. The van der Waals surface area contributed by atoms with E-state index in [4.69, 9.17) is 21.4 Å². The summed E-state index contributed by atoms with van der Waals surface area (Å²) in [4.78, 5) is 44.9. The molecule has 7 heterocycles. The van der Waals surface area contributed by atoms with E-state index in [9.17, 15) is 14.9 Å². The highest BCUT2D eigenvalue weighted by atomic mass is 35.5. The normalized spacial score (nSPS) is 21.6. The second kappa shape index (κ2) is 18.2. The molecule has 0 unspecified atom stereocenters. The van der Waals surface area contributed by atoms with Crippen LogP contribution in [0, 0.1) is 28.1 Å². The molecule has 2 amide bonds. The van der Waals surface area contributed by atoms with Crippen LogP contribution in [0.15, 0.2) is 61.2 Å². The van der Waals surface area contributed by atoms with Crippen molar-refractivity contribution >= 4 is 40.9 Å². The van der Waals surface area contributed by atoms with Crippen molar-refractivity contribution in [2.24, 2.45) is 23.8 Å². The number of hydrogen-bond donors (Lipinski definition) is 1. The van der Waals surface area contributed by atoms with Crippen LogP contribution < -0.4 is 19.9 Å². The number of anilines is 3. The molecule has 5 aromatic rings. The van der Waals surface area contributed by atoms with E-state index in [1.165, 1.54) is 28.1 Å². The first-order valence-corrected chi connectivity index (χ1v) is 24.8. The highest BCUT2D eigenvalue weighted by molar-refractivity contribution is 6.31. The summed E-state index contributed by atoms with van der Waals surface area (Å²) < 4.78 is 10.6. The summed E-state index contributed by atoms with van der Waals surface area (Å²) in [6.07, 6.45) is 14.2. The van der Waals surface area contributed by atoms with Gasteiger partial charge in [0.05, 0.1) is 34.9 Å². The Balaban J connectivity index is 0.728. The van der Waals surface area contributed by atoms with Crippen molar-refractivity contribution < 1.29 is 14.3 Å². The fraction of sp³-hybridized carbons (Fsp3) is 0.519. The molecule has 15 nitrogen and oxygen atoms in total. The Morgan fingerprint density at radius 2 is 1.66 bits per heavy atom. The maximum Gasteiger partial charge on any atom is 0.254 e. The highest BCUT2D eigenvalue weighted by Gasteiger charge is 2.64. The predicted molar refractivity (Wildman–Crippen MR) is 262 cm³/mol. The molecule has 1 N–H and O–H groups in total. The Bertz CT molecular complexity index is 2730. The molecule has 2 aromatic carbocycles. The molecule has 16 heteroatoms. The maximum absolute atomic E-state index is 13.6. The van der Waals surface area contributed by atoms with Gasteiger partial charge in [-0.3, -0.25) is 19.0 Å². The van der Waals surface area contributed by atoms with Gasteiger partial charge in [-0.05, 0) is 79.8 Å². The number of nitriles is 1. The van der Waals surface area contributed by atoms with Gasteiger partial charge in [-0.2, -0.15) is 15.5 Å². The lowest BCUT2D eigenvalue weighted by atomic mass is 9.49. The van der Waals surface area contributed by atoms with Crippen molar-refractivity contribution in [3.05, 3.63) is 94.2 Å². The lowest BCUT2D eigenvalue weighted by Gasteiger charge is -2.63. The average molecular weight is 940 g/mol. The van der Waals surface area contributed by atoms with Crippen LogP contribution in [-0.4, -0.2) is 109 Å². The van der Waals surface area contributed by atoms with E-state index in [-0.39, 0.29) is 34.8 Å². The lowest BCUT2D eigenvalue weighted by molar-refractivity contribution is -0.164. The largest absolute Gasteiger partial charge is 0.489 e. The standard InChI is InChI=1S/C52H63ClN12O3/c1-33(66)63-23-17-45-42(32-63)46(64-18-7-8-36-24-35(10-12-44(36)64)39-29-57-60(6)31-39)59-65(45)40-15-19-61(20-16-40)30-34-13-21-62(22-14-34)50-55-27-38(28-56-50)47(67)58-48-51(2,3)49(52(48,4)5)68-41-11-9-37(26-54)43(53)25-41/h9-12,24-25,27-29,31,34,40,48-49H,7-8,13-23,30,32H2,1-6H3,(H,58,67). The number of hydrogen-bond acceptors (Lipinski definition) is 11. The molecule has 2 saturated heterocycles. The molecule has 0 spiro atoms. The van der Waals surface area contributed by atoms with Crippen LogP contribution in [0.2, 0.25) is 5.02 Å². The second-order valence-electron chi connectivity index (χ2n) is 20.9. The molecule has 0 radical (unpaired) electrons. The zero-order valence-electron chi connectivity index (χ0n) is 40.2. The molecule has 1 saturated carbocycles. The summed E-state index contributed by atoms with van der Waals surface area (Å²) in [6.45, 7) is 17.2. The number of nitrogens with zero attached hydrogens (tertiary/aromatic N) is 11. The minimum Gasteiger partial charge on any atom is -0.489 e. The molecule has 5 aliphatic rings. The van der Waals surface area contributed by atoms with Gasteiger partial charge < -0.3 is 29.7 Å². The summed E-state index contributed by atoms with van der Waals surface area (Å²) in [5.74, 6) is 2.79. The van der Waals surface area contributed by atoms with Gasteiger partial charge in [-0.1, -0.05) is 45.4 Å². The lowest BCUT2D eigenvalue weighted by Crippen LogP contribution is -2.74. The Morgan fingerprint density at radius 1 is 0.912 bits per heavy atom. The number of rotatable bonds is 10. The van der Waals surface area contributed by atoms with Crippen molar-refractivity contribution in [1.82, 2.24) is 44.6 Å². The number of likely N-dealkylation sites (tertiary alicyclic amines) is 1. The van der Waals surface area contributed by atoms with Crippen LogP contribution in [-0.2, 0) is 31.2 Å². The summed E-state index contributed by atoms with van der Waals surface area (Å²) >= 11 is 6.28. The molecule has 356 valence electrons. The predicted octanol–water partition coefficient (Wildman–Crippen LogP) is 7.75. The third kappa shape index (κ3) is 8.59. The topological polar surface area (TPSA) is 154 Å². The summed E-state index contributed by atoms with van der Waals surface area (Å²) in [6, 6.07) is 14.1. The molecule has 0 atom stereocenters. The number of halogens is 1. The third-order valence-corrected chi connectivity index (χ3v) is 16.0. The van der Waals surface area contributed by atoms with Crippen LogP contribution in [0.3, 0.4) is 0 Å². The summed E-state index contributed by atoms with van der Waals surface area (Å²) in [5.41, 5.74) is 7.45.